The van der Waals surface area contributed by atoms with Gasteiger partial charge in [0.1, 0.15) is 4.90 Å². The van der Waals surface area contributed by atoms with Gasteiger partial charge in [-0.15, -0.1) is 0 Å². The van der Waals surface area contributed by atoms with E-state index >= 15 is 0 Å². The molecule has 1 aliphatic rings. The molecule has 0 saturated heterocycles. The molecule has 1 saturated carbocycles. The minimum absolute atomic E-state index is 0.0513. The van der Waals surface area contributed by atoms with Gasteiger partial charge in [0.15, 0.2) is 0 Å². The Hall–Kier alpha value is -0.490. The van der Waals surface area contributed by atoms with E-state index in [9.17, 15) is 8.42 Å². The summed E-state index contributed by atoms with van der Waals surface area (Å²) in [6.07, 6.45) is 4.98. The van der Waals surface area contributed by atoms with Crippen LogP contribution < -0.4 is 10.5 Å². The fourth-order valence-corrected chi connectivity index (χ4v) is 5.40. The SMILES string of the molecule is CCC1CCCC(NS(=O)(=O)c2c(Cl)cc(N)cc2Cl)C1. The van der Waals surface area contributed by atoms with Gasteiger partial charge in [-0.3, -0.25) is 0 Å². The van der Waals surface area contributed by atoms with Crippen LogP contribution in [-0.2, 0) is 10.0 Å². The Bertz CT molecular complexity index is 596. The summed E-state index contributed by atoms with van der Waals surface area (Å²) in [7, 11) is -3.74. The Labute approximate surface area is 136 Å². The summed E-state index contributed by atoms with van der Waals surface area (Å²) in [5.74, 6) is 0.573. The third kappa shape index (κ3) is 4.03. The summed E-state index contributed by atoms with van der Waals surface area (Å²) in [5.41, 5.74) is 5.95. The van der Waals surface area contributed by atoms with Crippen LogP contribution in [0.4, 0.5) is 5.69 Å². The van der Waals surface area contributed by atoms with Crippen molar-refractivity contribution in [3.63, 3.8) is 0 Å². The first-order chi connectivity index (χ1) is 9.83. The standard InChI is InChI=1S/C14H20Cl2N2O2S/c1-2-9-4-3-5-11(6-9)18-21(19,20)14-12(15)7-10(17)8-13(14)16/h7-9,11,18H,2-6,17H2,1H3. The second-order valence-electron chi connectivity index (χ2n) is 5.57. The van der Waals surface area contributed by atoms with E-state index in [1.807, 2.05) is 0 Å². The molecular weight excluding hydrogens is 331 g/mol. The zero-order chi connectivity index (χ0) is 15.6. The number of nitrogen functional groups attached to an aromatic ring is 1. The smallest absolute Gasteiger partial charge is 0.243 e. The normalized spacial score (nSPS) is 23.2. The highest BCUT2D eigenvalue weighted by Gasteiger charge is 2.28. The quantitative estimate of drug-likeness (QED) is 0.810. The van der Waals surface area contributed by atoms with Crippen molar-refractivity contribution in [3.8, 4) is 0 Å². The number of nitrogens with one attached hydrogen (secondary N) is 1. The predicted molar refractivity (Wildman–Crippen MR) is 87.2 cm³/mol. The molecule has 1 aliphatic carbocycles. The molecular formula is C14H20Cl2N2O2S. The van der Waals surface area contributed by atoms with E-state index in [-0.39, 0.29) is 21.0 Å². The molecule has 21 heavy (non-hydrogen) atoms. The van der Waals surface area contributed by atoms with Crippen molar-refractivity contribution in [3.05, 3.63) is 22.2 Å². The molecule has 1 aromatic carbocycles. The van der Waals surface area contributed by atoms with Crippen LogP contribution in [0.3, 0.4) is 0 Å². The van der Waals surface area contributed by atoms with E-state index in [1.54, 1.807) is 0 Å². The van der Waals surface area contributed by atoms with Crippen LogP contribution in [0.5, 0.6) is 0 Å². The first-order valence-corrected chi connectivity index (χ1v) is 9.34. The van der Waals surface area contributed by atoms with Gasteiger partial charge in [0.2, 0.25) is 10.0 Å². The molecule has 0 heterocycles. The summed E-state index contributed by atoms with van der Waals surface area (Å²) in [6, 6.07) is 2.74. The molecule has 2 rings (SSSR count). The second kappa shape index (κ2) is 6.73. The average molecular weight is 351 g/mol. The van der Waals surface area contributed by atoms with E-state index in [2.05, 4.69) is 11.6 Å². The fraction of sp³-hybridized carbons (Fsp3) is 0.571. The Morgan fingerprint density at radius 3 is 2.48 bits per heavy atom. The third-order valence-corrected chi connectivity index (χ3v) is 6.41. The summed E-state index contributed by atoms with van der Waals surface area (Å²) in [5, 5.41) is 0.103. The fourth-order valence-electron chi connectivity index (χ4n) is 2.88. The molecule has 2 atom stereocenters. The molecule has 0 aliphatic heterocycles. The highest BCUT2D eigenvalue weighted by atomic mass is 35.5. The monoisotopic (exact) mass is 350 g/mol. The summed E-state index contributed by atoms with van der Waals surface area (Å²) >= 11 is 12.0. The minimum Gasteiger partial charge on any atom is -0.399 e. The van der Waals surface area contributed by atoms with Gasteiger partial charge in [-0.25, -0.2) is 13.1 Å². The second-order valence-corrected chi connectivity index (χ2v) is 8.04. The van der Waals surface area contributed by atoms with Crippen LogP contribution in [0.1, 0.15) is 39.0 Å². The summed E-state index contributed by atoms with van der Waals surface area (Å²) < 4.78 is 27.8. The molecule has 0 amide bonds. The number of benzene rings is 1. The lowest BCUT2D eigenvalue weighted by Crippen LogP contribution is -2.38. The van der Waals surface area contributed by atoms with Crippen molar-refractivity contribution in [1.82, 2.24) is 4.72 Å². The highest BCUT2D eigenvalue weighted by Crippen LogP contribution is 2.33. The molecule has 2 unspecified atom stereocenters. The van der Waals surface area contributed by atoms with Crippen molar-refractivity contribution in [2.24, 2.45) is 5.92 Å². The molecule has 0 spiro atoms. The summed E-state index contributed by atoms with van der Waals surface area (Å²) in [4.78, 5) is -0.0846. The first kappa shape index (κ1) is 16.9. The molecule has 0 radical (unpaired) electrons. The number of hydrogen-bond acceptors (Lipinski definition) is 3. The molecule has 7 heteroatoms. The minimum atomic E-state index is -3.74. The molecule has 1 aromatic rings. The maximum Gasteiger partial charge on any atom is 0.243 e. The summed E-state index contributed by atoms with van der Waals surface area (Å²) in [6.45, 7) is 2.13. The van der Waals surface area contributed by atoms with Crippen LogP contribution in [0, 0.1) is 5.92 Å². The van der Waals surface area contributed by atoms with Crippen molar-refractivity contribution in [1.29, 1.82) is 0 Å². The molecule has 0 bridgehead atoms. The van der Waals surface area contributed by atoms with E-state index in [4.69, 9.17) is 28.9 Å². The number of nitrogens with two attached hydrogens (primary N) is 1. The lowest BCUT2D eigenvalue weighted by atomic mass is 9.85. The number of sulfonamides is 1. The van der Waals surface area contributed by atoms with Gasteiger partial charge >= 0.3 is 0 Å². The van der Waals surface area contributed by atoms with Crippen LogP contribution in [-0.4, -0.2) is 14.5 Å². The zero-order valence-electron chi connectivity index (χ0n) is 11.9. The first-order valence-electron chi connectivity index (χ1n) is 7.10. The number of anilines is 1. The Balaban J connectivity index is 2.23. The van der Waals surface area contributed by atoms with Gasteiger partial charge in [-0.05, 0) is 30.9 Å². The zero-order valence-corrected chi connectivity index (χ0v) is 14.2. The van der Waals surface area contributed by atoms with Crippen LogP contribution >= 0.6 is 23.2 Å². The molecule has 1 fully saturated rings. The van der Waals surface area contributed by atoms with Crippen LogP contribution in [0.2, 0.25) is 10.0 Å². The van der Waals surface area contributed by atoms with Crippen molar-refractivity contribution < 1.29 is 8.42 Å². The lowest BCUT2D eigenvalue weighted by molar-refractivity contribution is 0.301. The Morgan fingerprint density at radius 2 is 1.90 bits per heavy atom. The number of rotatable bonds is 4. The van der Waals surface area contributed by atoms with E-state index < -0.39 is 10.0 Å². The number of hydrogen-bond donors (Lipinski definition) is 2. The van der Waals surface area contributed by atoms with E-state index in [0.29, 0.717) is 11.6 Å². The molecule has 0 aromatic heterocycles. The van der Waals surface area contributed by atoms with Crippen molar-refractivity contribution >= 4 is 38.9 Å². The molecule has 4 nitrogen and oxygen atoms in total. The Morgan fingerprint density at radius 1 is 1.29 bits per heavy atom. The van der Waals surface area contributed by atoms with E-state index in [0.717, 1.165) is 32.1 Å². The topological polar surface area (TPSA) is 72.2 Å². The van der Waals surface area contributed by atoms with Crippen LogP contribution in [0.15, 0.2) is 17.0 Å². The Kier molecular flexibility index (Phi) is 5.41. The third-order valence-electron chi connectivity index (χ3n) is 3.97. The average Bonchev–Trinajstić information content (AvgIpc) is 2.36. The van der Waals surface area contributed by atoms with Crippen molar-refractivity contribution in [2.75, 3.05) is 5.73 Å². The predicted octanol–water partition coefficient (Wildman–Crippen LogP) is 3.82. The molecule has 3 N–H and O–H groups in total. The molecule has 118 valence electrons. The maximum absolute atomic E-state index is 12.5. The van der Waals surface area contributed by atoms with Crippen molar-refractivity contribution in [2.45, 2.75) is 50.0 Å². The lowest BCUT2D eigenvalue weighted by Gasteiger charge is -2.29. The highest BCUT2D eigenvalue weighted by molar-refractivity contribution is 7.89. The van der Waals surface area contributed by atoms with E-state index in [1.165, 1.54) is 12.1 Å². The van der Waals surface area contributed by atoms with Gasteiger partial charge < -0.3 is 5.73 Å². The number of halogens is 2. The maximum atomic E-state index is 12.5. The van der Waals surface area contributed by atoms with Gasteiger partial charge in [0, 0.05) is 11.7 Å². The largest absolute Gasteiger partial charge is 0.399 e. The van der Waals surface area contributed by atoms with Gasteiger partial charge in [-0.2, -0.15) is 0 Å². The van der Waals surface area contributed by atoms with Gasteiger partial charge in [-0.1, -0.05) is 49.4 Å². The van der Waals surface area contributed by atoms with Gasteiger partial charge in [0.25, 0.3) is 0 Å². The van der Waals surface area contributed by atoms with Crippen LogP contribution in [0.25, 0.3) is 0 Å². The van der Waals surface area contributed by atoms with Gasteiger partial charge in [0.05, 0.1) is 10.0 Å².